The lowest BCUT2D eigenvalue weighted by molar-refractivity contribution is 0.282. The molecule has 0 aliphatic rings. The summed E-state index contributed by atoms with van der Waals surface area (Å²) in [4.78, 5) is 8.90. The van der Waals surface area contributed by atoms with Gasteiger partial charge in [-0.1, -0.05) is 54.6 Å². The maximum atomic E-state index is 9.10. The molecule has 1 aromatic heterocycles. The van der Waals surface area contributed by atoms with Crippen molar-refractivity contribution in [2.45, 2.75) is 13.0 Å². The van der Waals surface area contributed by atoms with Crippen LogP contribution in [0.3, 0.4) is 0 Å². The number of nitrogens with two attached hydrogens (primary N) is 1. The minimum atomic E-state index is 0.0347. The van der Waals surface area contributed by atoms with Gasteiger partial charge in [0.05, 0.1) is 24.2 Å². The monoisotopic (exact) mass is 291 g/mol. The van der Waals surface area contributed by atoms with Crippen LogP contribution in [0.2, 0.25) is 0 Å². The van der Waals surface area contributed by atoms with Crippen molar-refractivity contribution in [1.82, 2.24) is 9.97 Å². The molecule has 0 radical (unpaired) electrons. The number of nitrogen functional groups attached to an aromatic ring is 1. The van der Waals surface area contributed by atoms with E-state index in [1.807, 2.05) is 54.6 Å². The molecule has 0 unspecified atom stereocenters. The Hall–Kier alpha value is -2.72. The van der Waals surface area contributed by atoms with Gasteiger partial charge in [-0.3, -0.25) is 0 Å². The summed E-state index contributed by atoms with van der Waals surface area (Å²) < 4.78 is 0. The highest BCUT2D eigenvalue weighted by Gasteiger charge is 2.07. The van der Waals surface area contributed by atoms with E-state index in [2.05, 4.69) is 9.97 Å². The summed E-state index contributed by atoms with van der Waals surface area (Å²) in [6, 6.07) is 17.7. The summed E-state index contributed by atoms with van der Waals surface area (Å²) in [6.45, 7) is 0.0347. The summed E-state index contributed by atoms with van der Waals surface area (Å²) in [5.74, 6) is 0.458. The fourth-order valence-electron chi connectivity index (χ4n) is 2.28. The van der Waals surface area contributed by atoms with E-state index >= 15 is 0 Å². The molecule has 22 heavy (non-hydrogen) atoms. The van der Waals surface area contributed by atoms with Gasteiger partial charge in [-0.15, -0.1) is 0 Å². The zero-order chi connectivity index (χ0) is 15.4. The highest BCUT2D eigenvalue weighted by Crippen LogP contribution is 2.20. The molecule has 3 N–H and O–H groups in total. The molecule has 4 nitrogen and oxygen atoms in total. The molecular weight excluding hydrogens is 274 g/mol. The molecule has 0 saturated carbocycles. The van der Waals surface area contributed by atoms with Crippen molar-refractivity contribution in [3.8, 4) is 11.3 Å². The van der Waals surface area contributed by atoms with Gasteiger partial charge in [0, 0.05) is 12.0 Å². The first-order valence-corrected chi connectivity index (χ1v) is 7.12. The van der Waals surface area contributed by atoms with Crippen LogP contribution in [0.4, 0.5) is 5.82 Å². The van der Waals surface area contributed by atoms with Crippen LogP contribution in [-0.4, -0.2) is 15.1 Å². The van der Waals surface area contributed by atoms with Gasteiger partial charge in [-0.2, -0.15) is 0 Å². The number of hydrogen-bond donors (Lipinski definition) is 2. The van der Waals surface area contributed by atoms with Crippen LogP contribution in [0, 0.1) is 0 Å². The van der Waals surface area contributed by atoms with Crippen LogP contribution < -0.4 is 5.73 Å². The third kappa shape index (κ3) is 3.13. The zero-order valence-corrected chi connectivity index (χ0v) is 12.1. The Morgan fingerprint density at radius 3 is 2.32 bits per heavy atom. The van der Waals surface area contributed by atoms with Crippen molar-refractivity contribution in [1.29, 1.82) is 0 Å². The van der Waals surface area contributed by atoms with Gasteiger partial charge >= 0.3 is 0 Å². The van der Waals surface area contributed by atoms with Gasteiger partial charge in [-0.25, -0.2) is 9.97 Å². The lowest BCUT2D eigenvalue weighted by Crippen LogP contribution is -2.03. The maximum Gasteiger partial charge on any atom is 0.145 e. The summed E-state index contributed by atoms with van der Waals surface area (Å²) in [5, 5.41) is 9.10. The second kappa shape index (κ2) is 6.37. The fraction of sp³-hybridized carbons (Fsp3) is 0.111. The SMILES string of the molecule is Nc1ncc(-c2ccc(CO)cc2)nc1Cc1ccccc1. The largest absolute Gasteiger partial charge is 0.392 e. The third-order valence-electron chi connectivity index (χ3n) is 3.52. The van der Waals surface area contributed by atoms with E-state index in [0.29, 0.717) is 12.2 Å². The average Bonchev–Trinajstić information content (AvgIpc) is 2.58. The van der Waals surface area contributed by atoms with Gasteiger partial charge in [0.1, 0.15) is 5.82 Å². The first-order chi connectivity index (χ1) is 10.8. The standard InChI is InChI=1S/C18H17N3O/c19-18-16(10-13-4-2-1-3-5-13)21-17(11-20-18)15-8-6-14(12-22)7-9-15/h1-9,11,22H,10,12H2,(H2,19,20). The highest BCUT2D eigenvalue weighted by atomic mass is 16.3. The van der Waals surface area contributed by atoms with Crippen molar-refractivity contribution in [2.75, 3.05) is 5.73 Å². The van der Waals surface area contributed by atoms with Crippen LogP contribution in [-0.2, 0) is 13.0 Å². The Morgan fingerprint density at radius 2 is 1.64 bits per heavy atom. The van der Waals surface area contributed by atoms with Crippen LogP contribution in [0.1, 0.15) is 16.8 Å². The van der Waals surface area contributed by atoms with Crippen LogP contribution in [0.15, 0.2) is 60.8 Å². The molecule has 2 aromatic carbocycles. The van der Waals surface area contributed by atoms with E-state index in [9.17, 15) is 0 Å². The number of rotatable bonds is 4. The summed E-state index contributed by atoms with van der Waals surface area (Å²) in [7, 11) is 0. The number of nitrogens with zero attached hydrogens (tertiary/aromatic N) is 2. The van der Waals surface area contributed by atoms with Gasteiger partial charge in [0.2, 0.25) is 0 Å². The predicted octanol–water partition coefficient (Wildman–Crippen LogP) is 2.81. The predicted molar refractivity (Wildman–Crippen MR) is 87.1 cm³/mol. The molecule has 0 bridgehead atoms. The first-order valence-electron chi connectivity index (χ1n) is 7.12. The molecule has 0 atom stereocenters. The number of aliphatic hydroxyl groups is 1. The second-order valence-corrected chi connectivity index (χ2v) is 5.10. The number of hydrogen-bond acceptors (Lipinski definition) is 4. The first kappa shape index (κ1) is 14.2. The van der Waals surface area contributed by atoms with Crippen LogP contribution in [0.5, 0.6) is 0 Å². The summed E-state index contributed by atoms with van der Waals surface area (Å²) in [6.07, 6.45) is 2.33. The molecule has 0 aliphatic carbocycles. The van der Waals surface area contributed by atoms with E-state index in [-0.39, 0.29) is 6.61 Å². The van der Waals surface area contributed by atoms with Crippen LogP contribution in [0.25, 0.3) is 11.3 Å². The van der Waals surface area contributed by atoms with Gasteiger partial charge in [-0.05, 0) is 11.1 Å². The average molecular weight is 291 g/mol. The quantitative estimate of drug-likeness (QED) is 0.775. The normalized spacial score (nSPS) is 10.6. The molecule has 0 aliphatic heterocycles. The molecule has 1 heterocycles. The Labute approximate surface area is 129 Å². The van der Waals surface area contributed by atoms with Gasteiger partial charge < -0.3 is 10.8 Å². The number of aromatic nitrogens is 2. The number of aliphatic hydroxyl groups excluding tert-OH is 1. The van der Waals surface area contributed by atoms with Crippen LogP contribution >= 0.6 is 0 Å². The molecule has 4 heteroatoms. The van der Waals surface area contributed by atoms with Gasteiger partial charge in [0.15, 0.2) is 0 Å². The summed E-state index contributed by atoms with van der Waals surface area (Å²) in [5.41, 5.74) is 10.5. The van der Waals surface area contributed by atoms with Crippen molar-refractivity contribution in [3.05, 3.63) is 77.6 Å². The molecule has 0 spiro atoms. The van der Waals surface area contributed by atoms with Crippen molar-refractivity contribution >= 4 is 5.82 Å². The molecule has 0 amide bonds. The molecule has 3 rings (SSSR count). The Kier molecular flexibility index (Phi) is 4.12. The van der Waals surface area contributed by atoms with E-state index in [4.69, 9.17) is 10.8 Å². The fourth-order valence-corrected chi connectivity index (χ4v) is 2.28. The maximum absolute atomic E-state index is 9.10. The Balaban J connectivity index is 1.91. The second-order valence-electron chi connectivity index (χ2n) is 5.10. The lowest BCUT2D eigenvalue weighted by Gasteiger charge is -2.08. The number of benzene rings is 2. The molecule has 0 fully saturated rings. The molecule has 3 aromatic rings. The minimum Gasteiger partial charge on any atom is -0.392 e. The zero-order valence-electron chi connectivity index (χ0n) is 12.1. The minimum absolute atomic E-state index is 0.0347. The number of anilines is 1. The third-order valence-corrected chi connectivity index (χ3v) is 3.52. The van der Waals surface area contributed by atoms with E-state index in [1.165, 1.54) is 0 Å². The summed E-state index contributed by atoms with van der Waals surface area (Å²) >= 11 is 0. The van der Waals surface area contributed by atoms with Crippen molar-refractivity contribution < 1.29 is 5.11 Å². The van der Waals surface area contributed by atoms with Crippen molar-refractivity contribution in [3.63, 3.8) is 0 Å². The topological polar surface area (TPSA) is 72.0 Å². The molecule has 110 valence electrons. The van der Waals surface area contributed by atoms with Crippen molar-refractivity contribution in [2.24, 2.45) is 0 Å². The Bertz CT molecular complexity index is 755. The van der Waals surface area contributed by atoms with Gasteiger partial charge in [0.25, 0.3) is 0 Å². The van der Waals surface area contributed by atoms with E-state index in [1.54, 1.807) is 6.20 Å². The Morgan fingerprint density at radius 1 is 0.909 bits per heavy atom. The van der Waals surface area contributed by atoms with E-state index in [0.717, 1.165) is 28.1 Å². The lowest BCUT2D eigenvalue weighted by atomic mass is 10.1. The molecular formula is C18H17N3O. The smallest absolute Gasteiger partial charge is 0.145 e. The highest BCUT2D eigenvalue weighted by molar-refractivity contribution is 5.60. The van der Waals surface area contributed by atoms with E-state index < -0.39 is 0 Å². The molecule has 0 saturated heterocycles.